The SMILES string of the molecule is CCCCCc1cc(OC)c([C@H]2C=C(C)CCC2)c(OC(=O)CC2CCNC2)c1. The van der Waals surface area contributed by atoms with Crippen LogP contribution in [0.5, 0.6) is 11.5 Å². The number of aryl methyl sites for hydroxylation is 1. The molecule has 1 heterocycles. The lowest BCUT2D eigenvalue weighted by Crippen LogP contribution is -2.18. The molecule has 1 aliphatic heterocycles. The topological polar surface area (TPSA) is 47.6 Å². The largest absolute Gasteiger partial charge is 0.496 e. The fourth-order valence-corrected chi connectivity index (χ4v) is 4.62. The molecule has 1 aliphatic carbocycles. The van der Waals surface area contributed by atoms with Crippen molar-refractivity contribution in [3.63, 3.8) is 0 Å². The summed E-state index contributed by atoms with van der Waals surface area (Å²) in [6.45, 7) is 6.31. The molecule has 0 spiro atoms. The third-order valence-electron chi connectivity index (χ3n) is 6.24. The Morgan fingerprint density at radius 3 is 2.72 bits per heavy atom. The van der Waals surface area contributed by atoms with E-state index < -0.39 is 0 Å². The van der Waals surface area contributed by atoms with Gasteiger partial charge in [0.1, 0.15) is 11.5 Å². The van der Waals surface area contributed by atoms with E-state index in [1.54, 1.807) is 7.11 Å². The number of unbranched alkanes of at least 4 members (excludes halogenated alkanes) is 2. The molecule has 2 aliphatic rings. The Kier molecular flexibility index (Phi) is 8.17. The second-order valence-corrected chi connectivity index (χ2v) is 8.72. The Morgan fingerprint density at radius 1 is 1.21 bits per heavy atom. The van der Waals surface area contributed by atoms with E-state index in [1.165, 1.54) is 24.0 Å². The normalized spacial score (nSPS) is 21.7. The summed E-state index contributed by atoms with van der Waals surface area (Å²) in [6, 6.07) is 4.25. The highest BCUT2D eigenvalue weighted by Gasteiger charge is 2.26. The number of rotatable bonds is 9. The molecule has 1 fully saturated rings. The first kappa shape index (κ1) is 21.9. The Morgan fingerprint density at radius 2 is 2.03 bits per heavy atom. The first-order valence-electron chi connectivity index (χ1n) is 11.4. The van der Waals surface area contributed by atoms with Crippen LogP contribution in [0.3, 0.4) is 0 Å². The molecule has 1 unspecified atom stereocenters. The zero-order chi connectivity index (χ0) is 20.6. The van der Waals surface area contributed by atoms with Gasteiger partial charge in [-0.25, -0.2) is 0 Å². The van der Waals surface area contributed by atoms with Gasteiger partial charge in [-0.05, 0) is 82.2 Å². The maximum absolute atomic E-state index is 12.7. The number of hydrogen-bond donors (Lipinski definition) is 1. The number of esters is 1. The number of ether oxygens (including phenoxy) is 2. The van der Waals surface area contributed by atoms with Crippen molar-refractivity contribution in [1.82, 2.24) is 5.32 Å². The van der Waals surface area contributed by atoms with E-state index in [1.807, 2.05) is 0 Å². The molecule has 0 aromatic heterocycles. The highest BCUT2D eigenvalue weighted by Crippen LogP contribution is 2.43. The average molecular weight is 400 g/mol. The van der Waals surface area contributed by atoms with Crippen LogP contribution in [-0.4, -0.2) is 26.2 Å². The van der Waals surface area contributed by atoms with Crippen LogP contribution in [0.4, 0.5) is 0 Å². The van der Waals surface area contributed by atoms with Gasteiger partial charge in [0.15, 0.2) is 0 Å². The molecule has 0 amide bonds. The van der Waals surface area contributed by atoms with Gasteiger partial charge in [0.05, 0.1) is 13.5 Å². The second kappa shape index (κ2) is 10.8. The standard InChI is InChI=1S/C25H37NO3/c1-4-5-6-9-19-14-22(28-3)25(21-10-7-8-18(2)13-21)23(15-19)29-24(27)16-20-11-12-26-17-20/h13-15,20-21,26H,4-12,16-17H2,1-3H3/t20?,21-/m1/s1. The molecule has 1 aromatic rings. The smallest absolute Gasteiger partial charge is 0.311 e. The molecule has 29 heavy (non-hydrogen) atoms. The maximum Gasteiger partial charge on any atom is 0.311 e. The predicted octanol–water partition coefficient (Wildman–Crippen LogP) is 5.55. The first-order chi connectivity index (χ1) is 14.1. The quantitative estimate of drug-likeness (QED) is 0.256. The van der Waals surface area contributed by atoms with Crippen LogP contribution in [0, 0.1) is 5.92 Å². The van der Waals surface area contributed by atoms with Gasteiger partial charge in [-0.1, -0.05) is 31.4 Å². The number of hydrogen-bond acceptors (Lipinski definition) is 4. The van der Waals surface area contributed by atoms with Crippen molar-refractivity contribution >= 4 is 5.97 Å². The van der Waals surface area contributed by atoms with Crippen molar-refractivity contribution in [3.05, 3.63) is 34.9 Å². The molecule has 1 saturated heterocycles. The Labute approximate surface area is 176 Å². The minimum Gasteiger partial charge on any atom is -0.496 e. The molecular weight excluding hydrogens is 362 g/mol. The molecule has 0 bridgehead atoms. The van der Waals surface area contributed by atoms with Crippen LogP contribution < -0.4 is 14.8 Å². The number of methoxy groups -OCH3 is 1. The monoisotopic (exact) mass is 399 g/mol. The molecular formula is C25H37NO3. The van der Waals surface area contributed by atoms with E-state index in [2.05, 4.69) is 37.4 Å². The van der Waals surface area contributed by atoms with E-state index in [-0.39, 0.29) is 11.9 Å². The minimum absolute atomic E-state index is 0.121. The Bertz CT molecular complexity index is 719. The van der Waals surface area contributed by atoms with Crippen molar-refractivity contribution in [1.29, 1.82) is 0 Å². The van der Waals surface area contributed by atoms with Gasteiger partial charge < -0.3 is 14.8 Å². The lowest BCUT2D eigenvalue weighted by Gasteiger charge is -2.25. The summed E-state index contributed by atoms with van der Waals surface area (Å²) < 4.78 is 11.8. The zero-order valence-corrected chi connectivity index (χ0v) is 18.4. The van der Waals surface area contributed by atoms with Crippen LogP contribution in [0.2, 0.25) is 0 Å². The summed E-state index contributed by atoms with van der Waals surface area (Å²) in [4.78, 5) is 12.7. The van der Waals surface area contributed by atoms with Gasteiger partial charge >= 0.3 is 5.97 Å². The van der Waals surface area contributed by atoms with E-state index in [9.17, 15) is 4.79 Å². The fourth-order valence-electron chi connectivity index (χ4n) is 4.62. The van der Waals surface area contributed by atoms with Crippen LogP contribution >= 0.6 is 0 Å². The average Bonchev–Trinajstić information content (AvgIpc) is 3.20. The van der Waals surface area contributed by atoms with Gasteiger partial charge in [0.25, 0.3) is 0 Å². The maximum atomic E-state index is 12.7. The summed E-state index contributed by atoms with van der Waals surface area (Å²) in [5, 5.41) is 3.33. The third kappa shape index (κ3) is 6.08. The summed E-state index contributed by atoms with van der Waals surface area (Å²) in [6.07, 6.45) is 11.8. The Hall–Kier alpha value is -1.81. The van der Waals surface area contributed by atoms with Crippen molar-refractivity contribution in [3.8, 4) is 11.5 Å². The van der Waals surface area contributed by atoms with Crippen molar-refractivity contribution in [2.24, 2.45) is 5.92 Å². The summed E-state index contributed by atoms with van der Waals surface area (Å²) in [5.41, 5.74) is 3.65. The number of carbonyl (C=O) groups is 1. The molecule has 0 radical (unpaired) electrons. The highest BCUT2D eigenvalue weighted by atomic mass is 16.5. The van der Waals surface area contributed by atoms with Crippen LogP contribution in [0.1, 0.15) is 82.3 Å². The van der Waals surface area contributed by atoms with E-state index in [0.717, 1.165) is 62.9 Å². The molecule has 160 valence electrons. The lowest BCUT2D eigenvalue weighted by molar-refractivity contribution is -0.135. The molecule has 1 aromatic carbocycles. The minimum atomic E-state index is -0.121. The fraction of sp³-hybridized carbons (Fsp3) is 0.640. The van der Waals surface area contributed by atoms with Crippen LogP contribution in [0.15, 0.2) is 23.8 Å². The molecule has 3 rings (SSSR count). The van der Waals surface area contributed by atoms with E-state index in [4.69, 9.17) is 9.47 Å². The number of benzene rings is 1. The van der Waals surface area contributed by atoms with Gasteiger partial charge in [-0.3, -0.25) is 4.79 Å². The van der Waals surface area contributed by atoms with E-state index in [0.29, 0.717) is 18.1 Å². The first-order valence-corrected chi connectivity index (χ1v) is 11.4. The lowest BCUT2D eigenvalue weighted by atomic mass is 9.84. The Balaban J connectivity index is 1.88. The molecule has 1 N–H and O–H groups in total. The summed E-state index contributed by atoms with van der Waals surface area (Å²) >= 11 is 0. The molecule has 4 nitrogen and oxygen atoms in total. The second-order valence-electron chi connectivity index (χ2n) is 8.72. The van der Waals surface area contributed by atoms with Gasteiger partial charge in [-0.15, -0.1) is 0 Å². The molecule has 4 heteroatoms. The molecule has 2 atom stereocenters. The third-order valence-corrected chi connectivity index (χ3v) is 6.24. The predicted molar refractivity (Wildman–Crippen MR) is 118 cm³/mol. The van der Waals surface area contributed by atoms with Crippen LogP contribution in [0.25, 0.3) is 0 Å². The zero-order valence-electron chi connectivity index (χ0n) is 18.4. The number of nitrogens with one attached hydrogen (secondary N) is 1. The summed E-state index contributed by atoms with van der Waals surface area (Å²) in [5.74, 6) is 2.09. The van der Waals surface area contributed by atoms with Crippen molar-refractivity contribution in [2.45, 2.75) is 77.6 Å². The van der Waals surface area contributed by atoms with Crippen molar-refractivity contribution in [2.75, 3.05) is 20.2 Å². The number of allylic oxidation sites excluding steroid dienone is 2. The van der Waals surface area contributed by atoms with Gasteiger partial charge in [0.2, 0.25) is 0 Å². The van der Waals surface area contributed by atoms with E-state index >= 15 is 0 Å². The molecule has 0 saturated carbocycles. The number of carbonyl (C=O) groups excluding carboxylic acids is 1. The van der Waals surface area contributed by atoms with Crippen LogP contribution in [-0.2, 0) is 11.2 Å². The van der Waals surface area contributed by atoms with Crippen molar-refractivity contribution < 1.29 is 14.3 Å². The van der Waals surface area contributed by atoms with Gasteiger partial charge in [-0.2, -0.15) is 0 Å². The summed E-state index contributed by atoms with van der Waals surface area (Å²) in [7, 11) is 1.73. The highest BCUT2D eigenvalue weighted by molar-refractivity contribution is 5.74. The van der Waals surface area contributed by atoms with Gasteiger partial charge in [0, 0.05) is 11.5 Å².